The minimum atomic E-state index is 0.702. The van der Waals surface area contributed by atoms with Crippen molar-refractivity contribution < 1.29 is 0 Å². The van der Waals surface area contributed by atoms with Crippen LogP contribution in [0.2, 0.25) is 0 Å². The Morgan fingerprint density at radius 2 is 2.14 bits per heavy atom. The SMILES string of the molecule is c1ccc2c3c4c(nc2c1)C3CCC4. The molecule has 1 heterocycles. The van der Waals surface area contributed by atoms with Gasteiger partial charge >= 0.3 is 0 Å². The topological polar surface area (TPSA) is 12.9 Å². The molecule has 0 radical (unpaired) electrons. The van der Waals surface area contributed by atoms with Crippen LogP contribution in [0.3, 0.4) is 0 Å². The number of para-hydroxylation sites is 1. The maximum atomic E-state index is 4.76. The van der Waals surface area contributed by atoms with Crippen molar-refractivity contribution in [1.82, 2.24) is 4.98 Å². The highest BCUT2D eigenvalue weighted by Crippen LogP contribution is 2.50. The fourth-order valence-corrected chi connectivity index (χ4v) is 3.07. The molecule has 2 aromatic rings. The number of benzene rings is 1. The molecule has 1 unspecified atom stereocenters. The molecule has 1 heteroatoms. The molecule has 0 amide bonds. The summed E-state index contributed by atoms with van der Waals surface area (Å²) in [6.07, 6.45) is 3.95. The van der Waals surface area contributed by atoms with Crippen molar-refractivity contribution >= 4 is 10.9 Å². The number of hydrogen-bond acceptors (Lipinski definition) is 1. The van der Waals surface area contributed by atoms with Gasteiger partial charge in [-0.25, -0.2) is 0 Å². The van der Waals surface area contributed by atoms with E-state index >= 15 is 0 Å². The van der Waals surface area contributed by atoms with Gasteiger partial charge in [-0.3, -0.25) is 4.98 Å². The predicted octanol–water partition coefficient (Wildman–Crippen LogP) is 3.02. The summed E-state index contributed by atoms with van der Waals surface area (Å²) in [6.45, 7) is 0. The van der Waals surface area contributed by atoms with Crippen LogP contribution in [0, 0.1) is 0 Å². The van der Waals surface area contributed by atoms with E-state index in [0.29, 0.717) is 5.92 Å². The zero-order valence-corrected chi connectivity index (χ0v) is 7.96. The van der Waals surface area contributed by atoms with Gasteiger partial charge in [-0.2, -0.15) is 0 Å². The Hall–Kier alpha value is -1.37. The normalized spacial score (nSPS) is 22.1. The second kappa shape index (κ2) is 2.17. The molecule has 68 valence electrons. The number of aromatic nitrogens is 1. The van der Waals surface area contributed by atoms with Crippen LogP contribution in [-0.2, 0) is 6.42 Å². The second-order valence-corrected chi connectivity index (χ2v) is 4.35. The maximum absolute atomic E-state index is 4.76. The van der Waals surface area contributed by atoms with Crippen molar-refractivity contribution in [3.63, 3.8) is 0 Å². The van der Waals surface area contributed by atoms with Crippen molar-refractivity contribution in [2.24, 2.45) is 0 Å². The summed E-state index contributed by atoms with van der Waals surface area (Å²) in [5.74, 6) is 0.702. The van der Waals surface area contributed by atoms with E-state index in [0.717, 1.165) is 0 Å². The number of nitrogens with zero attached hydrogens (tertiary/aromatic N) is 1. The minimum absolute atomic E-state index is 0.702. The van der Waals surface area contributed by atoms with E-state index in [1.807, 2.05) is 0 Å². The van der Waals surface area contributed by atoms with Gasteiger partial charge in [0, 0.05) is 11.3 Å². The van der Waals surface area contributed by atoms with Crippen LogP contribution in [0.15, 0.2) is 24.3 Å². The summed E-state index contributed by atoms with van der Waals surface area (Å²) in [5, 5.41) is 1.40. The molecular weight excluding hydrogens is 170 g/mol. The third-order valence-corrected chi connectivity index (χ3v) is 3.67. The number of rotatable bonds is 0. The van der Waals surface area contributed by atoms with Gasteiger partial charge in [0.15, 0.2) is 0 Å². The lowest BCUT2D eigenvalue weighted by Crippen LogP contribution is -2.26. The molecule has 0 N–H and O–H groups in total. The summed E-state index contributed by atoms with van der Waals surface area (Å²) < 4.78 is 0. The van der Waals surface area contributed by atoms with Crippen molar-refractivity contribution in [3.8, 4) is 0 Å². The molecule has 1 aromatic carbocycles. The lowest BCUT2D eigenvalue weighted by atomic mass is 9.68. The van der Waals surface area contributed by atoms with Gasteiger partial charge in [0.1, 0.15) is 0 Å². The number of aryl methyl sites for hydroxylation is 1. The van der Waals surface area contributed by atoms with Gasteiger partial charge in [0.05, 0.1) is 11.2 Å². The standard InChI is InChI=1S/C13H11N/c1-2-7-11-8(4-1)12-9-5-3-6-10(12)13(9)14-11/h1-2,4,7,9H,3,5-6H2. The molecule has 1 atom stereocenters. The first-order chi connectivity index (χ1) is 6.95. The number of pyridine rings is 1. The molecule has 1 nitrogen and oxygen atoms in total. The summed E-state index contributed by atoms with van der Waals surface area (Å²) in [4.78, 5) is 4.76. The molecule has 4 bridgehead atoms. The van der Waals surface area contributed by atoms with Crippen LogP contribution >= 0.6 is 0 Å². The summed E-state index contributed by atoms with van der Waals surface area (Å²) >= 11 is 0. The molecule has 0 spiro atoms. The van der Waals surface area contributed by atoms with Crippen LogP contribution in [0.5, 0.6) is 0 Å². The monoisotopic (exact) mass is 181 g/mol. The van der Waals surface area contributed by atoms with E-state index in [4.69, 9.17) is 4.98 Å². The second-order valence-electron chi connectivity index (χ2n) is 4.35. The zero-order valence-electron chi connectivity index (χ0n) is 7.96. The van der Waals surface area contributed by atoms with E-state index < -0.39 is 0 Å². The van der Waals surface area contributed by atoms with Crippen molar-refractivity contribution in [1.29, 1.82) is 0 Å². The zero-order chi connectivity index (χ0) is 9.12. The summed E-state index contributed by atoms with van der Waals surface area (Å²) in [5.41, 5.74) is 5.79. The van der Waals surface area contributed by atoms with E-state index in [9.17, 15) is 0 Å². The lowest BCUT2D eigenvalue weighted by molar-refractivity contribution is 0.541. The van der Waals surface area contributed by atoms with Gasteiger partial charge in [-0.05, 0) is 36.5 Å². The average Bonchev–Trinajstić information content (AvgIpc) is 2.30. The lowest BCUT2D eigenvalue weighted by Gasteiger charge is -2.38. The highest BCUT2D eigenvalue weighted by atomic mass is 14.8. The Labute approximate surface area is 82.8 Å². The fourth-order valence-electron chi connectivity index (χ4n) is 3.07. The Morgan fingerprint density at radius 3 is 3.00 bits per heavy atom. The molecule has 0 saturated carbocycles. The third kappa shape index (κ3) is 0.628. The van der Waals surface area contributed by atoms with Crippen LogP contribution < -0.4 is 0 Å². The fraction of sp³-hybridized carbons (Fsp3) is 0.308. The first-order valence-electron chi connectivity index (χ1n) is 5.36. The first kappa shape index (κ1) is 6.99. The number of fused-ring (bicyclic) bond motifs is 3. The average molecular weight is 181 g/mol. The molecule has 2 aliphatic carbocycles. The van der Waals surface area contributed by atoms with Gasteiger partial charge in [0.25, 0.3) is 0 Å². The van der Waals surface area contributed by atoms with Gasteiger partial charge in [0.2, 0.25) is 0 Å². The first-order valence-corrected chi connectivity index (χ1v) is 5.36. The molecule has 1 aromatic heterocycles. The highest BCUT2D eigenvalue weighted by Gasteiger charge is 2.37. The number of hydrogen-bond donors (Lipinski definition) is 0. The van der Waals surface area contributed by atoms with Gasteiger partial charge in [-0.1, -0.05) is 18.2 Å². The summed E-state index contributed by atoms with van der Waals surface area (Å²) in [7, 11) is 0. The van der Waals surface area contributed by atoms with E-state index in [2.05, 4.69) is 24.3 Å². The van der Waals surface area contributed by atoms with E-state index in [1.54, 1.807) is 11.1 Å². The molecule has 2 aliphatic rings. The smallest absolute Gasteiger partial charge is 0.0708 e. The Kier molecular flexibility index (Phi) is 1.08. The van der Waals surface area contributed by atoms with Crippen LogP contribution in [-0.4, -0.2) is 4.98 Å². The van der Waals surface area contributed by atoms with Crippen LogP contribution in [0.4, 0.5) is 0 Å². The van der Waals surface area contributed by atoms with Crippen molar-refractivity contribution in [3.05, 3.63) is 41.1 Å². The van der Waals surface area contributed by atoms with Gasteiger partial charge in [-0.15, -0.1) is 0 Å². The largest absolute Gasteiger partial charge is 0.252 e. The van der Waals surface area contributed by atoms with Crippen LogP contribution in [0.1, 0.15) is 35.6 Å². The Bertz CT molecular complexity index is 542. The molecule has 0 saturated heterocycles. The molecule has 0 fully saturated rings. The predicted molar refractivity (Wildman–Crippen MR) is 56.5 cm³/mol. The van der Waals surface area contributed by atoms with E-state index in [-0.39, 0.29) is 0 Å². The highest BCUT2D eigenvalue weighted by molar-refractivity contribution is 5.88. The van der Waals surface area contributed by atoms with E-state index in [1.165, 1.54) is 35.9 Å². The minimum Gasteiger partial charge on any atom is -0.252 e. The summed E-state index contributed by atoms with van der Waals surface area (Å²) in [6, 6.07) is 8.56. The molecule has 14 heavy (non-hydrogen) atoms. The van der Waals surface area contributed by atoms with Crippen LogP contribution in [0.25, 0.3) is 10.9 Å². The maximum Gasteiger partial charge on any atom is 0.0708 e. The van der Waals surface area contributed by atoms with Gasteiger partial charge < -0.3 is 0 Å². The Morgan fingerprint density at radius 1 is 1.21 bits per heavy atom. The van der Waals surface area contributed by atoms with Crippen molar-refractivity contribution in [2.45, 2.75) is 25.2 Å². The molecule has 0 aliphatic heterocycles. The van der Waals surface area contributed by atoms with Crippen molar-refractivity contribution in [2.75, 3.05) is 0 Å². The third-order valence-electron chi connectivity index (χ3n) is 3.67. The Balaban J connectivity index is 2.17. The quantitative estimate of drug-likeness (QED) is 0.608. The molecule has 4 rings (SSSR count). The molecular formula is C13H11N.